The summed E-state index contributed by atoms with van der Waals surface area (Å²) in [6.45, 7) is 8.34. The van der Waals surface area contributed by atoms with Crippen molar-refractivity contribution in [3.63, 3.8) is 0 Å². The molecule has 194 valence electrons. The number of piperazine rings is 1. The van der Waals surface area contributed by atoms with E-state index in [-0.39, 0.29) is 24.8 Å². The van der Waals surface area contributed by atoms with Crippen molar-refractivity contribution >= 4 is 12.2 Å². The summed E-state index contributed by atoms with van der Waals surface area (Å²) in [6, 6.07) is 13.6. The van der Waals surface area contributed by atoms with E-state index >= 15 is 0 Å². The van der Waals surface area contributed by atoms with Gasteiger partial charge in [-0.1, -0.05) is 36.4 Å². The number of aromatic nitrogens is 1. The first kappa shape index (κ1) is 25.9. The van der Waals surface area contributed by atoms with E-state index in [4.69, 9.17) is 9.47 Å². The molecule has 8 nitrogen and oxygen atoms in total. The predicted molar refractivity (Wildman–Crippen MR) is 138 cm³/mol. The van der Waals surface area contributed by atoms with Crippen LogP contribution in [0.5, 0.6) is 0 Å². The largest absolute Gasteiger partial charge is 0.445 e. The maximum absolute atomic E-state index is 13.0. The summed E-state index contributed by atoms with van der Waals surface area (Å²) in [5.41, 5.74) is 2.86. The second kappa shape index (κ2) is 11.7. The third-order valence-corrected chi connectivity index (χ3v) is 6.66. The monoisotopic (exact) mass is 494 g/mol. The third kappa shape index (κ3) is 6.97. The maximum Gasteiger partial charge on any atom is 0.410 e. The van der Waals surface area contributed by atoms with Crippen molar-refractivity contribution in [1.29, 1.82) is 0 Å². The van der Waals surface area contributed by atoms with Gasteiger partial charge in [0.15, 0.2) is 0 Å². The smallest absolute Gasteiger partial charge is 0.410 e. The Morgan fingerprint density at radius 3 is 2.64 bits per heavy atom. The number of carbonyl (C=O) groups is 2. The van der Waals surface area contributed by atoms with Crippen molar-refractivity contribution in [1.82, 2.24) is 20.1 Å². The molecule has 0 spiro atoms. The van der Waals surface area contributed by atoms with Crippen molar-refractivity contribution in [2.75, 3.05) is 32.7 Å². The Morgan fingerprint density at radius 2 is 1.86 bits per heavy atom. The number of pyridine rings is 1. The fraction of sp³-hybridized carbons (Fsp3) is 0.536. The lowest BCUT2D eigenvalue weighted by atomic mass is 9.86. The summed E-state index contributed by atoms with van der Waals surface area (Å²) >= 11 is 0. The van der Waals surface area contributed by atoms with Crippen LogP contribution in [0.25, 0.3) is 0 Å². The van der Waals surface area contributed by atoms with Crippen molar-refractivity contribution < 1.29 is 19.1 Å². The predicted octanol–water partition coefficient (Wildman–Crippen LogP) is 4.35. The first-order chi connectivity index (χ1) is 17.3. The standard InChI is InChI=1S/C28H38N4O4/c1-28(2,3)36-27(34)32-16-15-31(26(33)35-20-21-9-5-4-6-10-21)19-24(32)18-29-17-23-12-7-11-22-13-8-14-30-25(22)23/h4-6,8-10,13-14,23-24,29H,7,11-12,15-20H2,1-3H3/t23-,24-/m1/s1. The third-order valence-electron chi connectivity index (χ3n) is 6.66. The summed E-state index contributed by atoms with van der Waals surface area (Å²) in [5.74, 6) is 0.348. The van der Waals surface area contributed by atoms with E-state index in [2.05, 4.69) is 16.4 Å². The molecule has 1 fully saturated rings. The van der Waals surface area contributed by atoms with Gasteiger partial charge in [-0.05, 0) is 57.2 Å². The van der Waals surface area contributed by atoms with Crippen LogP contribution in [-0.4, -0.2) is 71.3 Å². The van der Waals surface area contributed by atoms with Crippen LogP contribution in [-0.2, 0) is 22.5 Å². The summed E-state index contributed by atoms with van der Waals surface area (Å²) in [5, 5.41) is 3.56. The number of ether oxygens (including phenoxy) is 2. The summed E-state index contributed by atoms with van der Waals surface area (Å²) in [7, 11) is 0. The normalized spacial score (nSPS) is 20.0. The quantitative estimate of drug-likeness (QED) is 0.643. The minimum Gasteiger partial charge on any atom is -0.445 e. The Hall–Kier alpha value is -3.13. The number of carbonyl (C=O) groups excluding carboxylic acids is 2. The van der Waals surface area contributed by atoms with Crippen LogP contribution in [0.3, 0.4) is 0 Å². The number of amides is 2. The van der Waals surface area contributed by atoms with Gasteiger partial charge in [-0.2, -0.15) is 0 Å². The van der Waals surface area contributed by atoms with Crippen molar-refractivity contribution in [3.05, 3.63) is 65.5 Å². The van der Waals surface area contributed by atoms with Crippen LogP contribution >= 0.6 is 0 Å². The first-order valence-electron chi connectivity index (χ1n) is 12.9. The Morgan fingerprint density at radius 1 is 1.06 bits per heavy atom. The van der Waals surface area contributed by atoms with Crippen molar-refractivity contribution in [3.8, 4) is 0 Å². The first-order valence-corrected chi connectivity index (χ1v) is 12.9. The Kier molecular flexibility index (Phi) is 8.46. The fourth-order valence-electron chi connectivity index (χ4n) is 4.90. The minimum atomic E-state index is -0.585. The number of hydrogen-bond acceptors (Lipinski definition) is 6. The number of aryl methyl sites for hydroxylation is 1. The maximum atomic E-state index is 13.0. The number of fused-ring (bicyclic) bond motifs is 1. The lowest BCUT2D eigenvalue weighted by Crippen LogP contribution is -2.60. The molecule has 1 aliphatic heterocycles. The van der Waals surface area contributed by atoms with Gasteiger partial charge in [-0.25, -0.2) is 9.59 Å². The molecule has 0 bridgehead atoms. The number of hydrogen-bond donors (Lipinski definition) is 1. The average Bonchev–Trinajstić information content (AvgIpc) is 2.87. The highest BCUT2D eigenvalue weighted by molar-refractivity contribution is 5.71. The molecule has 36 heavy (non-hydrogen) atoms. The topological polar surface area (TPSA) is 84.0 Å². The van der Waals surface area contributed by atoms with Gasteiger partial charge in [0.05, 0.1) is 6.04 Å². The van der Waals surface area contributed by atoms with Gasteiger partial charge in [-0.15, -0.1) is 0 Å². The van der Waals surface area contributed by atoms with E-state index in [0.717, 1.165) is 31.4 Å². The molecule has 2 aromatic rings. The highest BCUT2D eigenvalue weighted by Gasteiger charge is 2.35. The zero-order chi connectivity index (χ0) is 25.5. The van der Waals surface area contributed by atoms with Crippen LogP contribution in [0.2, 0.25) is 0 Å². The van der Waals surface area contributed by atoms with Crippen LogP contribution in [0.1, 0.15) is 56.4 Å². The minimum absolute atomic E-state index is 0.218. The molecular formula is C28H38N4O4. The molecule has 1 aromatic heterocycles. The van der Waals surface area contributed by atoms with E-state index < -0.39 is 5.60 Å². The molecule has 1 aromatic carbocycles. The van der Waals surface area contributed by atoms with Crippen molar-refractivity contribution in [2.45, 2.75) is 64.2 Å². The molecule has 2 amide bonds. The average molecular weight is 495 g/mol. The van der Waals surface area contributed by atoms with Crippen LogP contribution in [0, 0.1) is 0 Å². The van der Waals surface area contributed by atoms with E-state index in [9.17, 15) is 9.59 Å². The van der Waals surface area contributed by atoms with E-state index in [0.29, 0.717) is 32.1 Å². The highest BCUT2D eigenvalue weighted by atomic mass is 16.6. The zero-order valence-electron chi connectivity index (χ0n) is 21.6. The number of benzene rings is 1. The summed E-state index contributed by atoms with van der Waals surface area (Å²) in [6.07, 6.45) is 4.47. The van der Waals surface area contributed by atoms with E-state index in [1.54, 1.807) is 9.80 Å². The summed E-state index contributed by atoms with van der Waals surface area (Å²) < 4.78 is 11.2. The van der Waals surface area contributed by atoms with Gasteiger partial charge in [0, 0.05) is 50.5 Å². The van der Waals surface area contributed by atoms with Gasteiger partial charge in [0.25, 0.3) is 0 Å². The Labute approximate surface area is 214 Å². The molecule has 4 rings (SSSR count). The molecule has 1 N–H and O–H groups in total. The van der Waals surface area contributed by atoms with Gasteiger partial charge in [0.1, 0.15) is 12.2 Å². The molecule has 2 aliphatic rings. The number of rotatable bonds is 6. The zero-order valence-corrected chi connectivity index (χ0v) is 21.6. The van der Waals surface area contributed by atoms with Crippen LogP contribution < -0.4 is 5.32 Å². The molecule has 1 saturated heterocycles. The fourth-order valence-corrected chi connectivity index (χ4v) is 4.90. The van der Waals surface area contributed by atoms with Gasteiger partial charge in [0.2, 0.25) is 0 Å². The SMILES string of the molecule is CC(C)(C)OC(=O)N1CCN(C(=O)OCc2ccccc2)C[C@H]1CNC[C@H]1CCCc2cccnc21. The molecule has 1 aliphatic carbocycles. The molecule has 0 unspecified atom stereocenters. The van der Waals surface area contributed by atoms with Gasteiger partial charge in [-0.3, -0.25) is 4.98 Å². The van der Waals surface area contributed by atoms with Crippen LogP contribution in [0.15, 0.2) is 48.7 Å². The number of nitrogens with one attached hydrogen (secondary N) is 1. The molecular weight excluding hydrogens is 456 g/mol. The molecule has 0 saturated carbocycles. The second-order valence-electron chi connectivity index (χ2n) is 10.6. The van der Waals surface area contributed by atoms with Crippen LogP contribution in [0.4, 0.5) is 9.59 Å². The Bertz CT molecular complexity index is 1020. The Balaban J connectivity index is 1.37. The van der Waals surface area contributed by atoms with Gasteiger partial charge < -0.3 is 24.6 Å². The highest BCUT2D eigenvalue weighted by Crippen LogP contribution is 2.29. The van der Waals surface area contributed by atoms with E-state index in [1.165, 1.54) is 11.3 Å². The van der Waals surface area contributed by atoms with Crippen molar-refractivity contribution in [2.24, 2.45) is 0 Å². The lowest BCUT2D eigenvalue weighted by molar-refractivity contribution is -0.00300. The number of nitrogens with zero attached hydrogens (tertiary/aromatic N) is 3. The summed E-state index contributed by atoms with van der Waals surface area (Å²) in [4.78, 5) is 33.9. The van der Waals surface area contributed by atoms with E-state index in [1.807, 2.05) is 63.4 Å². The molecule has 2 atom stereocenters. The molecule has 8 heteroatoms. The lowest BCUT2D eigenvalue weighted by Gasteiger charge is -2.41. The second-order valence-corrected chi connectivity index (χ2v) is 10.6. The van der Waals surface area contributed by atoms with Gasteiger partial charge >= 0.3 is 12.2 Å². The molecule has 0 radical (unpaired) electrons. The molecule has 2 heterocycles.